The largest absolute Gasteiger partial charge is 0.507 e. The Labute approximate surface area is 222 Å². The summed E-state index contributed by atoms with van der Waals surface area (Å²) in [7, 11) is 3.87. The van der Waals surface area contributed by atoms with Gasteiger partial charge in [0.2, 0.25) is 0 Å². The van der Waals surface area contributed by atoms with E-state index in [0.717, 1.165) is 36.9 Å². The standard InChI is InChI=1S/C31H33NO6/c1-4-5-6-7-12-25(38-26(34)17-19-13-15-20(16-14-19)32(2)3)23-18-24(33)27-28(31(23)37)30(36)22-11-9-8-10-21(22)29(27)35/h8-11,13-16,18,25,33,37H,4-7,12,17H2,1-3H3. The number of benzene rings is 3. The predicted molar refractivity (Wildman–Crippen MR) is 145 cm³/mol. The lowest BCUT2D eigenvalue weighted by molar-refractivity contribution is -0.149. The lowest BCUT2D eigenvalue weighted by atomic mass is 9.81. The highest BCUT2D eigenvalue weighted by atomic mass is 16.5. The number of phenolic OH excluding ortho intramolecular Hbond substituents is 2. The van der Waals surface area contributed by atoms with E-state index in [1.165, 1.54) is 18.2 Å². The molecule has 1 atom stereocenters. The van der Waals surface area contributed by atoms with Crippen LogP contribution in [0, 0.1) is 0 Å². The molecule has 0 heterocycles. The maximum Gasteiger partial charge on any atom is 0.310 e. The monoisotopic (exact) mass is 515 g/mol. The number of ketones is 2. The molecule has 1 unspecified atom stereocenters. The summed E-state index contributed by atoms with van der Waals surface area (Å²) >= 11 is 0. The summed E-state index contributed by atoms with van der Waals surface area (Å²) in [6.45, 7) is 2.09. The average molecular weight is 516 g/mol. The van der Waals surface area contributed by atoms with E-state index in [1.54, 1.807) is 12.1 Å². The number of ether oxygens (including phenoxy) is 1. The maximum atomic E-state index is 13.3. The Bertz CT molecular complexity index is 1360. The van der Waals surface area contributed by atoms with Gasteiger partial charge in [0.15, 0.2) is 11.6 Å². The first-order valence-electron chi connectivity index (χ1n) is 13.0. The van der Waals surface area contributed by atoms with Crippen LogP contribution in [0.3, 0.4) is 0 Å². The second-order valence-corrected chi connectivity index (χ2v) is 9.85. The molecule has 0 aromatic heterocycles. The first kappa shape index (κ1) is 26.9. The number of unbranched alkanes of at least 4 members (excludes halogenated alkanes) is 3. The van der Waals surface area contributed by atoms with E-state index in [2.05, 4.69) is 6.92 Å². The normalized spacial score (nSPS) is 13.0. The average Bonchev–Trinajstić information content (AvgIpc) is 2.90. The van der Waals surface area contributed by atoms with Crippen LogP contribution in [-0.2, 0) is 16.0 Å². The van der Waals surface area contributed by atoms with Crippen molar-refractivity contribution in [2.45, 2.75) is 51.6 Å². The molecule has 0 aliphatic heterocycles. The zero-order chi connectivity index (χ0) is 27.4. The minimum absolute atomic E-state index is 0.0294. The number of anilines is 1. The number of rotatable bonds is 10. The Morgan fingerprint density at radius 2 is 1.53 bits per heavy atom. The van der Waals surface area contributed by atoms with Crippen LogP contribution in [0.2, 0.25) is 0 Å². The Kier molecular flexibility index (Phi) is 8.15. The van der Waals surface area contributed by atoms with Crippen molar-refractivity contribution >= 4 is 23.2 Å². The topological polar surface area (TPSA) is 104 Å². The lowest BCUT2D eigenvalue weighted by Crippen LogP contribution is -2.22. The molecule has 3 aromatic rings. The molecule has 7 heteroatoms. The van der Waals surface area contributed by atoms with Gasteiger partial charge in [-0.3, -0.25) is 14.4 Å². The molecule has 38 heavy (non-hydrogen) atoms. The number of carbonyl (C=O) groups excluding carboxylic acids is 3. The molecular formula is C31H33NO6. The molecule has 1 aliphatic carbocycles. The first-order valence-corrected chi connectivity index (χ1v) is 13.0. The Morgan fingerprint density at radius 3 is 2.13 bits per heavy atom. The smallest absolute Gasteiger partial charge is 0.310 e. The van der Waals surface area contributed by atoms with Crippen molar-refractivity contribution in [1.29, 1.82) is 0 Å². The first-order chi connectivity index (χ1) is 18.2. The van der Waals surface area contributed by atoms with Gasteiger partial charge in [0, 0.05) is 36.5 Å². The third-order valence-corrected chi connectivity index (χ3v) is 6.92. The van der Waals surface area contributed by atoms with Crippen molar-refractivity contribution in [3.63, 3.8) is 0 Å². The van der Waals surface area contributed by atoms with Crippen LogP contribution in [0.25, 0.3) is 0 Å². The van der Waals surface area contributed by atoms with E-state index >= 15 is 0 Å². The van der Waals surface area contributed by atoms with Crippen LogP contribution in [-0.4, -0.2) is 41.8 Å². The van der Waals surface area contributed by atoms with Gasteiger partial charge in [0.1, 0.15) is 17.6 Å². The number of hydrogen-bond acceptors (Lipinski definition) is 7. The van der Waals surface area contributed by atoms with Crippen LogP contribution in [0.1, 0.15) is 88.1 Å². The third kappa shape index (κ3) is 5.42. The molecule has 0 amide bonds. The number of fused-ring (bicyclic) bond motifs is 2. The maximum absolute atomic E-state index is 13.3. The molecule has 7 nitrogen and oxygen atoms in total. The molecule has 198 valence electrons. The third-order valence-electron chi connectivity index (χ3n) is 6.92. The van der Waals surface area contributed by atoms with Crippen molar-refractivity contribution in [2.75, 3.05) is 19.0 Å². The molecule has 0 saturated carbocycles. The van der Waals surface area contributed by atoms with Gasteiger partial charge in [0.25, 0.3) is 0 Å². The molecule has 2 N–H and O–H groups in total. The van der Waals surface area contributed by atoms with E-state index in [-0.39, 0.29) is 34.2 Å². The van der Waals surface area contributed by atoms with Crippen LogP contribution in [0.4, 0.5) is 5.69 Å². The van der Waals surface area contributed by atoms with Crippen LogP contribution < -0.4 is 4.90 Å². The summed E-state index contributed by atoms with van der Waals surface area (Å²) in [5, 5.41) is 22.1. The van der Waals surface area contributed by atoms with Crippen molar-refractivity contribution in [3.05, 3.63) is 88.0 Å². The van der Waals surface area contributed by atoms with Crippen LogP contribution in [0.5, 0.6) is 11.5 Å². The molecule has 0 radical (unpaired) electrons. The number of esters is 1. The van der Waals surface area contributed by atoms with Crippen molar-refractivity contribution < 1.29 is 29.3 Å². The van der Waals surface area contributed by atoms with Gasteiger partial charge < -0.3 is 19.8 Å². The SMILES string of the molecule is CCCCCCC(OC(=O)Cc1ccc(N(C)C)cc1)c1cc(O)c2c(c1O)C(=O)c1ccccc1C2=O. The van der Waals surface area contributed by atoms with Gasteiger partial charge in [-0.2, -0.15) is 0 Å². The second kappa shape index (κ2) is 11.5. The molecular weight excluding hydrogens is 482 g/mol. The van der Waals surface area contributed by atoms with Crippen LogP contribution in [0.15, 0.2) is 54.6 Å². The van der Waals surface area contributed by atoms with E-state index in [9.17, 15) is 24.6 Å². The summed E-state index contributed by atoms with van der Waals surface area (Å²) < 4.78 is 5.84. The molecule has 0 spiro atoms. The van der Waals surface area contributed by atoms with Crippen molar-refractivity contribution in [1.82, 2.24) is 0 Å². The predicted octanol–water partition coefficient (Wildman–Crippen LogP) is 5.74. The van der Waals surface area contributed by atoms with Gasteiger partial charge in [-0.25, -0.2) is 0 Å². The highest BCUT2D eigenvalue weighted by molar-refractivity contribution is 6.30. The van der Waals surface area contributed by atoms with Crippen molar-refractivity contribution in [3.8, 4) is 11.5 Å². The highest BCUT2D eigenvalue weighted by Gasteiger charge is 2.37. The molecule has 3 aromatic carbocycles. The van der Waals surface area contributed by atoms with Gasteiger partial charge in [-0.05, 0) is 36.6 Å². The number of nitrogens with zero attached hydrogens (tertiary/aromatic N) is 1. The van der Waals surface area contributed by atoms with E-state index in [4.69, 9.17) is 4.74 Å². The number of carbonyl (C=O) groups is 3. The lowest BCUT2D eigenvalue weighted by Gasteiger charge is -2.25. The van der Waals surface area contributed by atoms with Gasteiger partial charge in [0.05, 0.1) is 17.5 Å². The highest BCUT2D eigenvalue weighted by Crippen LogP contribution is 2.43. The van der Waals surface area contributed by atoms with Gasteiger partial charge >= 0.3 is 5.97 Å². The summed E-state index contributed by atoms with van der Waals surface area (Å²) in [6.07, 6.45) is 3.18. The second-order valence-electron chi connectivity index (χ2n) is 9.85. The fraction of sp³-hybridized carbons (Fsp3) is 0.323. The Morgan fingerprint density at radius 1 is 0.895 bits per heavy atom. The Balaban J connectivity index is 1.65. The number of phenols is 2. The fourth-order valence-electron chi connectivity index (χ4n) is 4.84. The van der Waals surface area contributed by atoms with E-state index in [1.807, 2.05) is 43.3 Å². The fourth-order valence-corrected chi connectivity index (χ4v) is 4.84. The minimum Gasteiger partial charge on any atom is -0.507 e. The zero-order valence-corrected chi connectivity index (χ0v) is 22.0. The van der Waals surface area contributed by atoms with E-state index in [0.29, 0.717) is 6.42 Å². The summed E-state index contributed by atoms with van der Waals surface area (Å²) in [6, 6.07) is 15.1. The Hall–Kier alpha value is -4.13. The number of aromatic hydroxyl groups is 2. The summed E-state index contributed by atoms with van der Waals surface area (Å²) in [5.41, 5.74) is 1.76. The molecule has 4 rings (SSSR count). The quantitative estimate of drug-likeness (QED) is 0.158. The summed E-state index contributed by atoms with van der Waals surface area (Å²) in [4.78, 5) is 41.3. The van der Waals surface area contributed by atoms with Gasteiger partial charge in [-0.15, -0.1) is 0 Å². The number of hydrogen-bond donors (Lipinski definition) is 2. The van der Waals surface area contributed by atoms with Crippen molar-refractivity contribution in [2.24, 2.45) is 0 Å². The van der Waals surface area contributed by atoms with Crippen LogP contribution >= 0.6 is 0 Å². The van der Waals surface area contributed by atoms with E-state index < -0.39 is 35.1 Å². The van der Waals surface area contributed by atoms with Gasteiger partial charge in [-0.1, -0.05) is 62.6 Å². The zero-order valence-electron chi connectivity index (χ0n) is 22.0. The molecule has 0 bridgehead atoms. The summed E-state index contributed by atoms with van der Waals surface area (Å²) in [5.74, 6) is -2.44. The molecule has 0 saturated heterocycles. The molecule has 0 fully saturated rings. The molecule has 1 aliphatic rings. The minimum atomic E-state index is -0.892.